The summed E-state index contributed by atoms with van der Waals surface area (Å²) < 4.78 is 0. The minimum atomic E-state index is 0.185. The molecular formula is C15H23N5O. The maximum absolute atomic E-state index is 11.4. The molecule has 0 saturated carbocycles. The van der Waals surface area contributed by atoms with E-state index in [2.05, 4.69) is 39.9 Å². The summed E-state index contributed by atoms with van der Waals surface area (Å²) in [7, 11) is 4.23. The highest BCUT2D eigenvalue weighted by Gasteiger charge is 2.27. The second-order valence-electron chi connectivity index (χ2n) is 5.91. The van der Waals surface area contributed by atoms with Gasteiger partial charge in [0.25, 0.3) is 0 Å². The van der Waals surface area contributed by atoms with Crippen molar-refractivity contribution in [3.63, 3.8) is 0 Å². The predicted octanol–water partition coefficient (Wildman–Crippen LogP) is -0.454. The Morgan fingerprint density at radius 2 is 2.14 bits per heavy atom. The highest BCUT2D eigenvalue weighted by molar-refractivity contribution is 5.73. The Balaban J connectivity index is 1.83. The van der Waals surface area contributed by atoms with E-state index in [9.17, 15) is 4.79 Å². The predicted molar refractivity (Wildman–Crippen MR) is 80.7 cm³/mol. The molecule has 114 valence electrons. The molecule has 0 atom stereocenters. The van der Waals surface area contributed by atoms with Gasteiger partial charge in [0.2, 0.25) is 5.91 Å². The molecule has 6 nitrogen and oxygen atoms in total. The van der Waals surface area contributed by atoms with Crippen molar-refractivity contribution in [2.24, 2.45) is 4.99 Å². The van der Waals surface area contributed by atoms with Crippen LogP contribution in [0, 0.1) is 0 Å². The van der Waals surface area contributed by atoms with Crippen LogP contribution in [0.1, 0.15) is 19.8 Å². The molecule has 0 radical (unpaired) electrons. The van der Waals surface area contributed by atoms with Gasteiger partial charge in [-0.1, -0.05) is 0 Å². The van der Waals surface area contributed by atoms with E-state index in [1.807, 2.05) is 11.1 Å². The molecule has 2 aliphatic rings. The standard InChI is InChI=1S/C15H23N5O/c1-11(21)20-8-5-12(6-9-20)19(3)15-13-4-7-16-14(13)17-10-18(15)2/h4,7,12H,5-6,8-10H2,1-3H3,(H,16,17). The summed E-state index contributed by atoms with van der Waals surface area (Å²) in [6.07, 6.45) is 3.98. The van der Waals surface area contributed by atoms with E-state index in [0.717, 1.165) is 31.4 Å². The van der Waals surface area contributed by atoms with Crippen molar-refractivity contribution in [3.8, 4) is 0 Å². The maximum Gasteiger partial charge on any atom is 0.219 e. The number of piperidine rings is 1. The van der Waals surface area contributed by atoms with Gasteiger partial charge >= 0.3 is 0 Å². The third-order valence-corrected chi connectivity index (χ3v) is 4.56. The first kappa shape index (κ1) is 14.0. The van der Waals surface area contributed by atoms with Gasteiger partial charge in [-0.2, -0.15) is 0 Å². The Kier molecular flexibility index (Phi) is 3.61. The number of carbonyl (C=O) groups is 1. The van der Waals surface area contributed by atoms with Crippen molar-refractivity contribution in [1.82, 2.24) is 19.7 Å². The summed E-state index contributed by atoms with van der Waals surface area (Å²) in [5, 5.41) is 1.17. The molecule has 1 aromatic heterocycles. The number of likely N-dealkylation sites (tertiary alicyclic amines) is 1. The van der Waals surface area contributed by atoms with Gasteiger partial charge in [0.05, 0.1) is 5.22 Å². The average molecular weight is 289 g/mol. The summed E-state index contributed by atoms with van der Waals surface area (Å²) in [6, 6.07) is 2.56. The molecule has 6 heteroatoms. The smallest absolute Gasteiger partial charge is 0.219 e. The van der Waals surface area contributed by atoms with Crippen LogP contribution in [0.2, 0.25) is 0 Å². The van der Waals surface area contributed by atoms with E-state index in [1.165, 1.54) is 11.0 Å². The highest BCUT2D eigenvalue weighted by Crippen LogP contribution is 2.20. The van der Waals surface area contributed by atoms with Crippen LogP contribution in [-0.2, 0) is 4.79 Å². The minimum absolute atomic E-state index is 0.185. The second-order valence-corrected chi connectivity index (χ2v) is 5.91. The Labute approximate surface area is 124 Å². The molecule has 3 rings (SSSR count). The first-order valence-corrected chi connectivity index (χ1v) is 7.49. The Morgan fingerprint density at radius 1 is 1.43 bits per heavy atom. The lowest BCUT2D eigenvalue weighted by Crippen LogP contribution is -2.50. The molecule has 0 unspecified atom stereocenters. The van der Waals surface area contributed by atoms with Crippen LogP contribution in [0.25, 0.3) is 5.82 Å². The largest absolute Gasteiger partial charge is 0.358 e. The number of rotatable bonds is 2. The summed E-state index contributed by atoms with van der Waals surface area (Å²) in [5.41, 5.74) is 0.969. The molecular weight excluding hydrogens is 266 g/mol. The number of aromatic nitrogens is 1. The summed E-state index contributed by atoms with van der Waals surface area (Å²) in [5.74, 6) is 1.41. The van der Waals surface area contributed by atoms with E-state index < -0.39 is 0 Å². The number of carbonyl (C=O) groups excluding carboxylic acids is 1. The number of hydrogen-bond donors (Lipinski definition) is 1. The molecule has 0 aromatic carbocycles. The van der Waals surface area contributed by atoms with Gasteiger partial charge in [-0.3, -0.25) is 4.79 Å². The third kappa shape index (κ3) is 2.50. The zero-order valence-electron chi connectivity index (χ0n) is 13.0. The van der Waals surface area contributed by atoms with Crippen molar-refractivity contribution >= 4 is 11.7 Å². The van der Waals surface area contributed by atoms with Gasteiger partial charge < -0.3 is 19.7 Å². The lowest BCUT2D eigenvalue weighted by Gasteiger charge is -2.41. The number of fused-ring (bicyclic) bond motifs is 1. The van der Waals surface area contributed by atoms with Crippen LogP contribution in [-0.4, -0.2) is 65.5 Å². The number of nitrogens with zero attached hydrogens (tertiary/aromatic N) is 4. The van der Waals surface area contributed by atoms with E-state index in [-0.39, 0.29) is 5.91 Å². The zero-order valence-corrected chi connectivity index (χ0v) is 13.0. The van der Waals surface area contributed by atoms with Crippen molar-refractivity contribution < 1.29 is 4.79 Å². The van der Waals surface area contributed by atoms with Gasteiger partial charge in [-0.25, -0.2) is 4.99 Å². The SMILES string of the molecule is CC(=O)N1CCC(N(C)C2=c3cc[nH]c3=NCN2C)CC1. The molecule has 0 aliphatic carbocycles. The van der Waals surface area contributed by atoms with Crippen molar-refractivity contribution in [1.29, 1.82) is 0 Å². The molecule has 1 saturated heterocycles. The van der Waals surface area contributed by atoms with Gasteiger partial charge in [0.1, 0.15) is 18.0 Å². The van der Waals surface area contributed by atoms with Crippen molar-refractivity contribution in [2.45, 2.75) is 25.8 Å². The van der Waals surface area contributed by atoms with Crippen LogP contribution in [0.3, 0.4) is 0 Å². The van der Waals surface area contributed by atoms with Gasteiger partial charge in [0, 0.05) is 46.3 Å². The monoisotopic (exact) mass is 289 g/mol. The molecule has 1 aromatic rings. The summed E-state index contributed by atoms with van der Waals surface area (Å²) in [4.78, 5) is 25.6. The molecule has 1 fully saturated rings. The fourth-order valence-electron chi connectivity index (χ4n) is 3.32. The molecule has 0 bridgehead atoms. The van der Waals surface area contributed by atoms with Crippen molar-refractivity contribution in [3.05, 3.63) is 23.0 Å². The number of hydrogen-bond acceptors (Lipinski definition) is 4. The summed E-state index contributed by atoms with van der Waals surface area (Å²) >= 11 is 0. The van der Waals surface area contributed by atoms with E-state index in [4.69, 9.17) is 0 Å². The molecule has 0 spiro atoms. The van der Waals surface area contributed by atoms with Gasteiger partial charge in [-0.05, 0) is 18.9 Å². The number of amides is 1. The quantitative estimate of drug-likeness (QED) is 0.802. The normalized spacial score (nSPS) is 19.3. The van der Waals surface area contributed by atoms with Crippen molar-refractivity contribution in [2.75, 3.05) is 33.9 Å². The van der Waals surface area contributed by atoms with E-state index >= 15 is 0 Å². The molecule has 21 heavy (non-hydrogen) atoms. The lowest BCUT2D eigenvalue weighted by atomic mass is 10.0. The first-order valence-electron chi connectivity index (χ1n) is 7.49. The maximum atomic E-state index is 11.4. The van der Waals surface area contributed by atoms with Crippen LogP contribution < -0.4 is 10.7 Å². The lowest BCUT2D eigenvalue weighted by molar-refractivity contribution is -0.130. The topological polar surface area (TPSA) is 54.9 Å². The van der Waals surface area contributed by atoms with E-state index in [1.54, 1.807) is 6.92 Å². The fourth-order valence-corrected chi connectivity index (χ4v) is 3.32. The van der Waals surface area contributed by atoms with Gasteiger partial charge in [-0.15, -0.1) is 0 Å². The Hall–Kier alpha value is -1.98. The molecule has 1 amide bonds. The molecule has 2 aliphatic heterocycles. The minimum Gasteiger partial charge on any atom is -0.358 e. The fraction of sp³-hybridized carbons (Fsp3) is 0.600. The van der Waals surface area contributed by atoms with E-state index in [0.29, 0.717) is 12.7 Å². The Morgan fingerprint density at radius 3 is 2.81 bits per heavy atom. The first-order chi connectivity index (χ1) is 10.1. The van der Waals surface area contributed by atoms with Crippen LogP contribution in [0.4, 0.5) is 0 Å². The van der Waals surface area contributed by atoms with Crippen LogP contribution in [0.5, 0.6) is 0 Å². The number of H-pyrrole nitrogens is 1. The zero-order chi connectivity index (χ0) is 15.0. The number of aromatic amines is 1. The summed E-state index contributed by atoms with van der Waals surface area (Å²) in [6.45, 7) is 4.04. The number of nitrogens with one attached hydrogen (secondary N) is 1. The average Bonchev–Trinajstić information content (AvgIpc) is 2.95. The highest BCUT2D eigenvalue weighted by atomic mass is 16.2. The second kappa shape index (κ2) is 5.42. The van der Waals surface area contributed by atoms with Crippen LogP contribution >= 0.6 is 0 Å². The van der Waals surface area contributed by atoms with Gasteiger partial charge in [0.15, 0.2) is 0 Å². The van der Waals surface area contributed by atoms with Crippen LogP contribution in [0.15, 0.2) is 17.3 Å². The molecule has 1 N–H and O–H groups in total. The Bertz CT molecular complexity index is 641. The molecule has 3 heterocycles. The third-order valence-electron chi connectivity index (χ3n) is 4.56.